The lowest BCUT2D eigenvalue weighted by Crippen LogP contribution is -2.14. The Morgan fingerprint density at radius 1 is 1.10 bits per heavy atom. The van der Waals surface area contributed by atoms with E-state index in [-0.39, 0.29) is 0 Å². The standard InChI is InChI=1S/C16H16Br2ClNO/c1-2-7-20-10-11-8-12(17)3-5-15(11)21-16-6-4-13(19)9-14(16)18/h3-6,8-9,20H,2,7,10H2,1H3. The summed E-state index contributed by atoms with van der Waals surface area (Å²) in [7, 11) is 0. The summed E-state index contributed by atoms with van der Waals surface area (Å²) in [4.78, 5) is 0. The SMILES string of the molecule is CCCNCc1cc(Br)ccc1Oc1ccc(Cl)cc1Br. The van der Waals surface area contributed by atoms with Gasteiger partial charge in [-0.05, 0) is 65.3 Å². The largest absolute Gasteiger partial charge is 0.456 e. The molecule has 0 aliphatic rings. The molecule has 5 heteroatoms. The summed E-state index contributed by atoms with van der Waals surface area (Å²) in [5.41, 5.74) is 1.11. The smallest absolute Gasteiger partial charge is 0.141 e. The molecular formula is C16H16Br2ClNO. The van der Waals surface area contributed by atoms with Crippen LogP contribution >= 0.6 is 43.5 Å². The maximum Gasteiger partial charge on any atom is 0.141 e. The lowest BCUT2D eigenvalue weighted by atomic mass is 10.2. The third kappa shape index (κ3) is 4.99. The number of halogens is 3. The summed E-state index contributed by atoms with van der Waals surface area (Å²) in [5, 5.41) is 4.07. The molecule has 112 valence electrons. The van der Waals surface area contributed by atoms with E-state index in [4.69, 9.17) is 16.3 Å². The normalized spacial score (nSPS) is 10.7. The number of rotatable bonds is 6. The quantitative estimate of drug-likeness (QED) is 0.551. The molecule has 0 aliphatic heterocycles. The molecule has 2 aromatic carbocycles. The third-order valence-corrected chi connectivity index (χ3v) is 4.23. The molecule has 21 heavy (non-hydrogen) atoms. The fourth-order valence-corrected chi connectivity index (χ4v) is 3.03. The number of hydrogen-bond acceptors (Lipinski definition) is 2. The predicted molar refractivity (Wildman–Crippen MR) is 95.4 cm³/mol. The van der Waals surface area contributed by atoms with E-state index in [2.05, 4.69) is 50.2 Å². The summed E-state index contributed by atoms with van der Waals surface area (Å²) in [6.45, 7) is 3.90. The molecule has 0 radical (unpaired) electrons. The molecule has 0 aromatic heterocycles. The lowest BCUT2D eigenvalue weighted by Gasteiger charge is -2.13. The van der Waals surface area contributed by atoms with Crippen molar-refractivity contribution >= 4 is 43.5 Å². The Morgan fingerprint density at radius 3 is 2.57 bits per heavy atom. The van der Waals surface area contributed by atoms with Crippen LogP contribution in [-0.2, 0) is 6.54 Å². The Kier molecular flexibility index (Phi) is 6.55. The predicted octanol–water partition coefficient (Wildman–Crippen LogP) is 6.16. The molecule has 2 rings (SSSR count). The Morgan fingerprint density at radius 2 is 1.86 bits per heavy atom. The van der Waals surface area contributed by atoms with Crippen LogP contribution in [-0.4, -0.2) is 6.54 Å². The van der Waals surface area contributed by atoms with E-state index in [0.717, 1.165) is 45.5 Å². The van der Waals surface area contributed by atoms with Gasteiger partial charge in [0.1, 0.15) is 11.5 Å². The van der Waals surface area contributed by atoms with Crippen molar-refractivity contribution in [2.45, 2.75) is 19.9 Å². The first kappa shape index (κ1) is 16.8. The first-order valence-corrected chi connectivity index (χ1v) is 8.68. The van der Waals surface area contributed by atoms with Gasteiger partial charge in [0.15, 0.2) is 0 Å². The van der Waals surface area contributed by atoms with Crippen molar-refractivity contribution in [2.24, 2.45) is 0 Å². The topological polar surface area (TPSA) is 21.3 Å². The minimum atomic E-state index is 0.676. The molecule has 0 saturated carbocycles. The van der Waals surface area contributed by atoms with Crippen LogP contribution in [0.4, 0.5) is 0 Å². The zero-order chi connectivity index (χ0) is 15.2. The van der Waals surface area contributed by atoms with Crippen molar-refractivity contribution < 1.29 is 4.74 Å². The van der Waals surface area contributed by atoms with E-state index >= 15 is 0 Å². The Labute approximate surface area is 147 Å². The third-order valence-electron chi connectivity index (χ3n) is 2.88. The van der Waals surface area contributed by atoms with Crippen LogP contribution in [0.1, 0.15) is 18.9 Å². The average molecular weight is 434 g/mol. The van der Waals surface area contributed by atoms with E-state index in [1.807, 2.05) is 30.3 Å². The van der Waals surface area contributed by atoms with Gasteiger partial charge in [-0.1, -0.05) is 34.5 Å². The van der Waals surface area contributed by atoms with Crippen LogP contribution in [0.5, 0.6) is 11.5 Å². The second-order valence-corrected chi connectivity index (χ2v) is 6.81. The second kappa shape index (κ2) is 8.18. The van der Waals surface area contributed by atoms with E-state index in [9.17, 15) is 0 Å². The maximum absolute atomic E-state index is 6.01. The maximum atomic E-state index is 6.01. The highest BCUT2D eigenvalue weighted by Gasteiger charge is 2.08. The average Bonchev–Trinajstić information content (AvgIpc) is 2.44. The monoisotopic (exact) mass is 431 g/mol. The Hall–Kier alpha value is -0.550. The minimum absolute atomic E-state index is 0.676. The van der Waals surface area contributed by atoms with Gasteiger partial charge in [-0.3, -0.25) is 0 Å². The zero-order valence-corrected chi connectivity index (χ0v) is 15.6. The van der Waals surface area contributed by atoms with Crippen molar-refractivity contribution in [1.82, 2.24) is 5.32 Å². The van der Waals surface area contributed by atoms with Crippen LogP contribution in [0.15, 0.2) is 45.3 Å². The molecule has 0 fully saturated rings. The number of benzene rings is 2. The van der Waals surface area contributed by atoms with Crippen LogP contribution in [0.2, 0.25) is 5.02 Å². The van der Waals surface area contributed by atoms with Gasteiger partial charge in [0.05, 0.1) is 4.47 Å². The van der Waals surface area contributed by atoms with Crippen molar-refractivity contribution in [3.05, 3.63) is 55.9 Å². The highest BCUT2D eigenvalue weighted by molar-refractivity contribution is 9.10. The Balaban J connectivity index is 2.22. The highest BCUT2D eigenvalue weighted by atomic mass is 79.9. The van der Waals surface area contributed by atoms with Crippen molar-refractivity contribution in [3.8, 4) is 11.5 Å². The summed E-state index contributed by atoms with van der Waals surface area (Å²) >= 11 is 12.9. The molecule has 0 bridgehead atoms. The molecule has 0 amide bonds. The molecular weight excluding hydrogens is 417 g/mol. The van der Waals surface area contributed by atoms with E-state index in [1.165, 1.54) is 0 Å². The van der Waals surface area contributed by atoms with Crippen LogP contribution in [0, 0.1) is 0 Å². The molecule has 2 aromatic rings. The van der Waals surface area contributed by atoms with Crippen LogP contribution in [0.25, 0.3) is 0 Å². The molecule has 1 N–H and O–H groups in total. The lowest BCUT2D eigenvalue weighted by molar-refractivity contribution is 0.469. The van der Waals surface area contributed by atoms with Crippen molar-refractivity contribution in [2.75, 3.05) is 6.54 Å². The van der Waals surface area contributed by atoms with Gasteiger partial charge < -0.3 is 10.1 Å². The van der Waals surface area contributed by atoms with Crippen LogP contribution < -0.4 is 10.1 Å². The van der Waals surface area contributed by atoms with Gasteiger partial charge in [-0.15, -0.1) is 0 Å². The van der Waals surface area contributed by atoms with Crippen molar-refractivity contribution in [3.63, 3.8) is 0 Å². The van der Waals surface area contributed by atoms with Gasteiger partial charge in [0, 0.05) is 21.6 Å². The minimum Gasteiger partial charge on any atom is -0.456 e. The Bertz CT molecular complexity index is 619. The summed E-state index contributed by atoms with van der Waals surface area (Å²) in [6, 6.07) is 11.5. The summed E-state index contributed by atoms with van der Waals surface area (Å²) in [5.74, 6) is 1.59. The molecule has 0 heterocycles. The summed E-state index contributed by atoms with van der Waals surface area (Å²) in [6.07, 6.45) is 1.10. The summed E-state index contributed by atoms with van der Waals surface area (Å²) < 4.78 is 7.89. The second-order valence-electron chi connectivity index (χ2n) is 4.61. The molecule has 0 atom stereocenters. The van der Waals surface area contributed by atoms with Gasteiger partial charge in [0.2, 0.25) is 0 Å². The van der Waals surface area contributed by atoms with Crippen molar-refractivity contribution in [1.29, 1.82) is 0 Å². The van der Waals surface area contributed by atoms with Gasteiger partial charge in [-0.25, -0.2) is 0 Å². The fraction of sp³-hybridized carbons (Fsp3) is 0.250. The van der Waals surface area contributed by atoms with Gasteiger partial charge in [-0.2, -0.15) is 0 Å². The number of nitrogens with one attached hydrogen (secondary N) is 1. The van der Waals surface area contributed by atoms with E-state index in [1.54, 1.807) is 0 Å². The molecule has 2 nitrogen and oxygen atoms in total. The van der Waals surface area contributed by atoms with Gasteiger partial charge >= 0.3 is 0 Å². The fourth-order valence-electron chi connectivity index (χ4n) is 1.86. The molecule has 0 spiro atoms. The molecule has 0 unspecified atom stereocenters. The first-order valence-electron chi connectivity index (χ1n) is 6.72. The highest BCUT2D eigenvalue weighted by Crippen LogP contribution is 2.34. The zero-order valence-electron chi connectivity index (χ0n) is 11.6. The van der Waals surface area contributed by atoms with E-state index < -0.39 is 0 Å². The van der Waals surface area contributed by atoms with Crippen LogP contribution in [0.3, 0.4) is 0 Å². The number of hydrogen-bond donors (Lipinski definition) is 1. The number of ether oxygens (including phenoxy) is 1. The van der Waals surface area contributed by atoms with E-state index in [0.29, 0.717) is 5.02 Å². The molecule has 0 aliphatic carbocycles. The molecule has 0 saturated heterocycles. The first-order chi connectivity index (χ1) is 10.1. The van der Waals surface area contributed by atoms with Gasteiger partial charge in [0.25, 0.3) is 0 Å².